The highest BCUT2D eigenvalue weighted by Gasteiger charge is 2.62. The fourth-order valence-electron chi connectivity index (χ4n) is 14.3. The molecule has 75 heavy (non-hydrogen) atoms. The van der Waals surface area contributed by atoms with E-state index < -0.39 is 8.07 Å². The van der Waals surface area contributed by atoms with Crippen LogP contribution in [0.15, 0.2) is 206 Å². The number of benzene rings is 8. The van der Waals surface area contributed by atoms with Crippen molar-refractivity contribution in [2.24, 2.45) is 23.7 Å². The molecule has 4 aliphatic rings. The molecular weight excluding hydrogens is 925 g/mol. The molecule has 4 nitrogen and oxygen atoms in total. The van der Waals surface area contributed by atoms with Crippen LogP contribution in [-0.4, -0.2) is 22.6 Å². The van der Waals surface area contributed by atoms with Crippen LogP contribution in [0.2, 0.25) is 0 Å². The molecule has 4 unspecified atom stereocenters. The van der Waals surface area contributed by atoms with Gasteiger partial charge in [-0.2, -0.15) is 4.98 Å². The Bertz CT molecular complexity index is 3610. The summed E-state index contributed by atoms with van der Waals surface area (Å²) in [6.45, 7) is 13.9. The minimum atomic E-state index is -2.88. The number of hydrogen-bond donors (Lipinski definition) is 0. The number of anilines is 3. The van der Waals surface area contributed by atoms with Crippen LogP contribution >= 0.6 is 0 Å². The second-order valence-corrected chi connectivity index (χ2v) is 28.4. The van der Waals surface area contributed by atoms with E-state index in [1.807, 2.05) is 0 Å². The molecule has 2 aromatic heterocycles. The summed E-state index contributed by atoms with van der Waals surface area (Å²) in [7, 11) is -2.88. The molecule has 4 atom stereocenters. The fraction of sp³-hybridized carbons (Fsp3) is 0.257. The number of rotatable bonds is 9. The molecular formula is C70H66N4Si. The highest BCUT2D eigenvalue weighted by atomic mass is 28.3. The molecule has 0 amide bonds. The SMILES string of the molecule is CC(C)(C)c1ccc2c(c1)c1cc(C(C)(C)C)ccc1n2-c1cc(-c2cccc([Si](c3ccccc3)(c3ccccc3)c3ccccc3)c2)nc(N2c3ccccc3C3(CC3CC3CC4CCC43)c3ccccc32)n1. The van der Waals surface area contributed by atoms with Gasteiger partial charge in [0.15, 0.2) is 8.07 Å². The number of fused-ring (bicyclic) bond motifs is 8. The van der Waals surface area contributed by atoms with E-state index in [2.05, 4.69) is 257 Å². The highest BCUT2D eigenvalue weighted by Crippen LogP contribution is 2.70. The van der Waals surface area contributed by atoms with Crippen molar-refractivity contribution < 1.29 is 0 Å². The van der Waals surface area contributed by atoms with Crippen molar-refractivity contribution >= 4 is 67.9 Å². The van der Waals surface area contributed by atoms with Gasteiger partial charge < -0.3 is 0 Å². The van der Waals surface area contributed by atoms with Crippen LogP contribution in [0.5, 0.6) is 0 Å². The molecule has 3 saturated carbocycles. The van der Waals surface area contributed by atoms with E-state index in [1.54, 1.807) is 0 Å². The summed E-state index contributed by atoms with van der Waals surface area (Å²) in [4.78, 5) is 14.1. The third-order valence-electron chi connectivity index (χ3n) is 18.5. The van der Waals surface area contributed by atoms with Gasteiger partial charge >= 0.3 is 0 Å². The van der Waals surface area contributed by atoms with Crippen molar-refractivity contribution in [2.75, 3.05) is 4.90 Å². The van der Waals surface area contributed by atoms with E-state index in [0.29, 0.717) is 11.9 Å². The molecule has 1 aliphatic heterocycles. The third-order valence-corrected chi connectivity index (χ3v) is 23.2. The molecule has 0 bridgehead atoms. The quantitative estimate of drug-likeness (QED) is 0.107. The molecule has 0 saturated heterocycles. The van der Waals surface area contributed by atoms with Gasteiger partial charge in [-0.3, -0.25) is 9.47 Å². The largest absolute Gasteiger partial charge is 0.294 e. The van der Waals surface area contributed by atoms with Gasteiger partial charge in [0, 0.05) is 27.8 Å². The zero-order valence-corrected chi connectivity index (χ0v) is 45.3. The summed E-state index contributed by atoms with van der Waals surface area (Å²) in [5.41, 5.74) is 12.0. The lowest BCUT2D eigenvalue weighted by Crippen LogP contribution is -2.74. The molecule has 8 aromatic carbocycles. The Hall–Kier alpha value is -7.34. The van der Waals surface area contributed by atoms with Gasteiger partial charge in [0.2, 0.25) is 5.95 Å². The van der Waals surface area contributed by atoms with Gasteiger partial charge in [0.1, 0.15) is 5.82 Å². The Morgan fingerprint density at radius 1 is 0.520 bits per heavy atom. The maximum absolute atomic E-state index is 5.85. The van der Waals surface area contributed by atoms with Crippen molar-refractivity contribution in [3.63, 3.8) is 0 Å². The zero-order chi connectivity index (χ0) is 50.8. The average molecular weight is 991 g/mol. The normalized spacial score (nSPS) is 19.5. The van der Waals surface area contributed by atoms with E-state index in [1.165, 1.54) is 97.3 Å². The number of hydrogen-bond acceptors (Lipinski definition) is 3. The second-order valence-electron chi connectivity index (χ2n) is 24.6. The van der Waals surface area contributed by atoms with Gasteiger partial charge in [-0.1, -0.05) is 205 Å². The summed E-state index contributed by atoms with van der Waals surface area (Å²) in [5, 5.41) is 7.82. The zero-order valence-electron chi connectivity index (χ0n) is 44.3. The Kier molecular flexibility index (Phi) is 10.5. The first kappa shape index (κ1) is 46.2. The smallest absolute Gasteiger partial charge is 0.237 e. The van der Waals surface area contributed by atoms with Crippen molar-refractivity contribution in [3.8, 4) is 17.1 Å². The van der Waals surface area contributed by atoms with Gasteiger partial charge in [-0.25, -0.2) is 4.98 Å². The molecule has 370 valence electrons. The number of nitrogens with zero attached hydrogens (tertiary/aromatic N) is 4. The Morgan fingerprint density at radius 2 is 1.04 bits per heavy atom. The molecule has 0 N–H and O–H groups in total. The van der Waals surface area contributed by atoms with Crippen LogP contribution in [0.1, 0.15) is 95.9 Å². The standard InChI is InChI=1S/C70H66N4Si/c1-68(2,3)49-34-37-62-57(42-49)58-43-50(69(4,5)6)35-38-63(58)73(62)66-44-61(47-21-20-28-55(41-47)75(52-22-10-7-11-23-52,53-24-12-8-13-25-53)54-26-14-9-15-27-54)71-67(72-66)74-64-31-18-16-29-59(64)70(60-30-17-19-32-65(60)74)45-51(70)40-48-39-46-33-36-56(46)48/h7-32,34-35,37-38,41-44,46,48,51,56H,33,36,39-40,45H2,1-6H3. The van der Waals surface area contributed by atoms with Crippen LogP contribution in [0.25, 0.3) is 38.9 Å². The highest BCUT2D eigenvalue weighted by molar-refractivity contribution is 7.19. The maximum Gasteiger partial charge on any atom is 0.237 e. The van der Waals surface area contributed by atoms with Crippen LogP contribution in [0.3, 0.4) is 0 Å². The number of aromatic nitrogens is 3. The lowest BCUT2D eigenvalue weighted by atomic mass is 9.52. The summed E-state index contributed by atoms with van der Waals surface area (Å²) >= 11 is 0. The minimum Gasteiger partial charge on any atom is -0.294 e. The summed E-state index contributed by atoms with van der Waals surface area (Å²) in [5.74, 6) is 5.00. The second kappa shape index (κ2) is 17.1. The van der Waals surface area contributed by atoms with E-state index >= 15 is 0 Å². The van der Waals surface area contributed by atoms with E-state index in [4.69, 9.17) is 9.97 Å². The molecule has 3 heterocycles. The number of para-hydroxylation sites is 2. The predicted octanol–water partition coefficient (Wildman–Crippen LogP) is 14.7. The van der Waals surface area contributed by atoms with E-state index in [0.717, 1.165) is 45.9 Å². The summed E-state index contributed by atoms with van der Waals surface area (Å²) in [6.07, 6.45) is 6.85. The Labute approximate surface area is 444 Å². The molecule has 3 fully saturated rings. The van der Waals surface area contributed by atoms with Crippen molar-refractivity contribution in [2.45, 2.75) is 89.9 Å². The Morgan fingerprint density at radius 3 is 1.53 bits per heavy atom. The lowest BCUT2D eigenvalue weighted by Gasteiger charge is -2.53. The molecule has 1 spiro atoms. The summed E-state index contributed by atoms with van der Waals surface area (Å²) in [6, 6.07) is 78.0. The lowest BCUT2D eigenvalue weighted by molar-refractivity contribution is -0.0330. The van der Waals surface area contributed by atoms with Gasteiger partial charge in [0.25, 0.3) is 0 Å². The van der Waals surface area contributed by atoms with Gasteiger partial charge in [-0.15, -0.1) is 0 Å². The van der Waals surface area contributed by atoms with Gasteiger partial charge in [-0.05, 0) is 146 Å². The monoisotopic (exact) mass is 991 g/mol. The van der Waals surface area contributed by atoms with Crippen molar-refractivity contribution in [1.29, 1.82) is 0 Å². The molecule has 3 aliphatic carbocycles. The first-order valence-electron chi connectivity index (χ1n) is 27.7. The van der Waals surface area contributed by atoms with Crippen LogP contribution in [0, 0.1) is 23.7 Å². The van der Waals surface area contributed by atoms with E-state index in [-0.39, 0.29) is 16.2 Å². The topological polar surface area (TPSA) is 34.0 Å². The summed E-state index contributed by atoms with van der Waals surface area (Å²) < 4.78 is 2.42. The van der Waals surface area contributed by atoms with Crippen molar-refractivity contribution in [3.05, 3.63) is 229 Å². The van der Waals surface area contributed by atoms with Crippen LogP contribution in [0.4, 0.5) is 17.3 Å². The minimum absolute atomic E-state index is 0.00405. The third kappa shape index (κ3) is 7.21. The predicted molar refractivity (Wildman–Crippen MR) is 315 cm³/mol. The molecule has 10 aromatic rings. The first-order valence-corrected chi connectivity index (χ1v) is 29.7. The molecule has 14 rings (SSSR count). The maximum atomic E-state index is 5.85. The fourth-order valence-corrected chi connectivity index (χ4v) is 19.1. The molecule has 5 heteroatoms. The van der Waals surface area contributed by atoms with E-state index in [9.17, 15) is 0 Å². The average Bonchev–Trinajstić information content (AvgIpc) is 4.04. The van der Waals surface area contributed by atoms with Gasteiger partial charge in [0.05, 0.1) is 28.1 Å². The van der Waals surface area contributed by atoms with Crippen LogP contribution in [-0.2, 0) is 16.2 Å². The first-order chi connectivity index (χ1) is 36.4. The van der Waals surface area contributed by atoms with Crippen molar-refractivity contribution in [1.82, 2.24) is 14.5 Å². The molecule has 0 radical (unpaired) electrons. The Balaban J connectivity index is 1.02. The van der Waals surface area contributed by atoms with Crippen LogP contribution < -0.4 is 25.6 Å².